The number of hydrogen-bond acceptors (Lipinski definition) is 3. The third-order valence-corrected chi connectivity index (χ3v) is 3.26. The lowest BCUT2D eigenvalue weighted by atomic mass is 10.2. The molecule has 0 fully saturated rings. The molecule has 0 aromatic heterocycles. The first-order valence-electron chi connectivity index (χ1n) is 5.99. The molecule has 2 aromatic carbocycles. The maximum Gasteiger partial charge on any atom is 0.339 e. The summed E-state index contributed by atoms with van der Waals surface area (Å²) in [5.74, 6) is -0.367. The van der Waals surface area contributed by atoms with Gasteiger partial charge < -0.3 is 14.6 Å². The van der Waals surface area contributed by atoms with Crippen molar-refractivity contribution in [3.05, 3.63) is 57.6 Å². The molecule has 2 rings (SSSR count). The Balaban J connectivity index is 2.25. The smallest absolute Gasteiger partial charge is 0.339 e. The van der Waals surface area contributed by atoms with E-state index in [0.29, 0.717) is 5.75 Å². The highest BCUT2D eigenvalue weighted by Gasteiger charge is 2.16. The zero-order chi connectivity index (χ0) is 15.4. The second kappa shape index (κ2) is 6.70. The third-order valence-electron chi connectivity index (χ3n) is 2.76. The number of methoxy groups -OCH3 is 1. The van der Waals surface area contributed by atoms with Crippen LogP contribution in [0.1, 0.15) is 15.9 Å². The molecule has 0 unspecified atom stereocenters. The Hall–Kier alpha value is -1.91. The second-order valence-corrected chi connectivity index (χ2v) is 5.05. The quantitative estimate of drug-likeness (QED) is 0.890. The van der Waals surface area contributed by atoms with Gasteiger partial charge in [-0.1, -0.05) is 35.3 Å². The Morgan fingerprint density at radius 1 is 1.24 bits per heavy atom. The molecule has 0 radical (unpaired) electrons. The normalized spacial score (nSPS) is 10.2. The number of carboxylic acids is 1. The molecule has 0 atom stereocenters. The number of hydrogen-bond donors (Lipinski definition) is 1. The lowest BCUT2D eigenvalue weighted by molar-refractivity contribution is 0.0691. The molecule has 110 valence electrons. The molecule has 2 aromatic rings. The third kappa shape index (κ3) is 3.80. The molecule has 0 amide bonds. The Morgan fingerprint density at radius 2 is 2.00 bits per heavy atom. The van der Waals surface area contributed by atoms with E-state index in [1.165, 1.54) is 12.1 Å². The van der Waals surface area contributed by atoms with E-state index in [9.17, 15) is 9.90 Å². The Labute approximate surface area is 131 Å². The summed E-state index contributed by atoms with van der Waals surface area (Å²) in [6, 6.07) is 10.0. The SMILES string of the molecule is COc1cccc(COc2c(Cl)cc(Cl)cc2C(=O)O)c1. The van der Waals surface area contributed by atoms with E-state index in [1.54, 1.807) is 19.2 Å². The zero-order valence-electron chi connectivity index (χ0n) is 11.1. The molecule has 0 aliphatic rings. The minimum atomic E-state index is -1.15. The van der Waals surface area contributed by atoms with Gasteiger partial charge in [0.2, 0.25) is 0 Å². The van der Waals surface area contributed by atoms with Crippen molar-refractivity contribution in [2.24, 2.45) is 0 Å². The van der Waals surface area contributed by atoms with Gasteiger partial charge in [-0.05, 0) is 29.8 Å². The topological polar surface area (TPSA) is 55.8 Å². The van der Waals surface area contributed by atoms with Crippen molar-refractivity contribution in [2.45, 2.75) is 6.61 Å². The van der Waals surface area contributed by atoms with Crippen molar-refractivity contribution in [1.82, 2.24) is 0 Å². The fourth-order valence-electron chi connectivity index (χ4n) is 1.78. The number of aromatic carboxylic acids is 1. The maximum absolute atomic E-state index is 11.2. The van der Waals surface area contributed by atoms with Crippen LogP contribution in [0, 0.1) is 0 Å². The van der Waals surface area contributed by atoms with Crippen LogP contribution in [0.2, 0.25) is 10.0 Å². The molecule has 0 saturated carbocycles. The molecule has 21 heavy (non-hydrogen) atoms. The lowest BCUT2D eigenvalue weighted by Crippen LogP contribution is -2.04. The number of rotatable bonds is 5. The number of halogens is 2. The second-order valence-electron chi connectivity index (χ2n) is 4.21. The van der Waals surface area contributed by atoms with E-state index >= 15 is 0 Å². The van der Waals surface area contributed by atoms with Crippen molar-refractivity contribution in [3.63, 3.8) is 0 Å². The highest BCUT2D eigenvalue weighted by atomic mass is 35.5. The number of carbonyl (C=O) groups is 1. The molecule has 6 heteroatoms. The van der Waals surface area contributed by atoms with Gasteiger partial charge in [0, 0.05) is 5.02 Å². The van der Waals surface area contributed by atoms with E-state index in [-0.39, 0.29) is 28.0 Å². The van der Waals surface area contributed by atoms with Crippen LogP contribution in [0.5, 0.6) is 11.5 Å². The molecule has 0 aliphatic heterocycles. The van der Waals surface area contributed by atoms with Crippen LogP contribution in [-0.2, 0) is 6.61 Å². The molecule has 0 aliphatic carbocycles. The van der Waals surface area contributed by atoms with Crippen LogP contribution in [0.25, 0.3) is 0 Å². The van der Waals surface area contributed by atoms with Crippen LogP contribution < -0.4 is 9.47 Å². The van der Waals surface area contributed by atoms with Gasteiger partial charge in [0.25, 0.3) is 0 Å². The minimum Gasteiger partial charge on any atom is -0.497 e. The first-order chi connectivity index (χ1) is 10.0. The van der Waals surface area contributed by atoms with E-state index in [0.717, 1.165) is 5.56 Å². The fraction of sp³-hybridized carbons (Fsp3) is 0.133. The first-order valence-corrected chi connectivity index (χ1v) is 6.75. The van der Waals surface area contributed by atoms with E-state index in [4.69, 9.17) is 32.7 Å². The summed E-state index contributed by atoms with van der Waals surface area (Å²) >= 11 is 11.8. The molecule has 0 heterocycles. The summed E-state index contributed by atoms with van der Waals surface area (Å²) in [6.45, 7) is 0.166. The largest absolute Gasteiger partial charge is 0.497 e. The van der Waals surface area contributed by atoms with E-state index in [1.807, 2.05) is 12.1 Å². The van der Waals surface area contributed by atoms with Gasteiger partial charge in [-0.2, -0.15) is 0 Å². The van der Waals surface area contributed by atoms with Gasteiger partial charge in [-0.25, -0.2) is 4.79 Å². The standard InChI is InChI=1S/C15H12Cl2O4/c1-20-11-4-2-3-9(5-11)8-21-14-12(15(18)19)6-10(16)7-13(14)17/h2-7H,8H2,1H3,(H,18,19). The van der Waals surface area contributed by atoms with Crippen LogP contribution >= 0.6 is 23.2 Å². The van der Waals surface area contributed by atoms with Gasteiger partial charge in [0.1, 0.15) is 17.9 Å². The van der Waals surface area contributed by atoms with E-state index < -0.39 is 5.97 Å². The Bertz CT molecular complexity index is 671. The molecule has 0 spiro atoms. The summed E-state index contributed by atoms with van der Waals surface area (Å²) in [5.41, 5.74) is 0.757. The van der Waals surface area contributed by atoms with Gasteiger partial charge in [-0.15, -0.1) is 0 Å². The average molecular weight is 327 g/mol. The molecular weight excluding hydrogens is 315 g/mol. The van der Waals surface area contributed by atoms with Crippen LogP contribution in [0.15, 0.2) is 36.4 Å². The summed E-state index contributed by atoms with van der Waals surface area (Å²) in [7, 11) is 1.57. The summed E-state index contributed by atoms with van der Waals surface area (Å²) in [4.78, 5) is 11.2. The highest BCUT2D eigenvalue weighted by Crippen LogP contribution is 2.33. The molecule has 4 nitrogen and oxygen atoms in total. The fourth-order valence-corrected chi connectivity index (χ4v) is 2.33. The molecular formula is C15H12Cl2O4. The summed E-state index contributed by atoms with van der Waals surface area (Å²) in [5, 5.41) is 9.57. The summed E-state index contributed by atoms with van der Waals surface area (Å²) < 4.78 is 10.7. The van der Waals surface area contributed by atoms with Gasteiger partial charge >= 0.3 is 5.97 Å². The van der Waals surface area contributed by atoms with Crippen LogP contribution in [-0.4, -0.2) is 18.2 Å². The van der Waals surface area contributed by atoms with E-state index in [2.05, 4.69) is 0 Å². The number of benzene rings is 2. The lowest BCUT2D eigenvalue weighted by Gasteiger charge is -2.12. The van der Waals surface area contributed by atoms with Crippen molar-refractivity contribution < 1.29 is 19.4 Å². The van der Waals surface area contributed by atoms with Gasteiger partial charge in [0.05, 0.1) is 12.1 Å². The minimum absolute atomic E-state index is 0.0737. The van der Waals surface area contributed by atoms with Crippen molar-refractivity contribution in [1.29, 1.82) is 0 Å². The Morgan fingerprint density at radius 3 is 2.67 bits per heavy atom. The predicted octanol–water partition coefficient (Wildman–Crippen LogP) is 4.28. The van der Waals surface area contributed by atoms with Gasteiger partial charge in [-0.3, -0.25) is 0 Å². The molecule has 0 bridgehead atoms. The van der Waals surface area contributed by atoms with Crippen molar-refractivity contribution in [2.75, 3.05) is 7.11 Å². The van der Waals surface area contributed by atoms with Crippen molar-refractivity contribution >= 4 is 29.2 Å². The van der Waals surface area contributed by atoms with Crippen molar-refractivity contribution in [3.8, 4) is 11.5 Å². The zero-order valence-corrected chi connectivity index (χ0v) is 12.6. The monoisotopic (exact) mass is 326 g/mol. The van der Waals surface area contributed by atoms with Gasteiger partial charge in [0.15, 0.2) is 5.75 Å². The van der Waals surface area contributed by atoms with Crippen LogP contribution in [0.3, 0.4) is 0 Å². The highest BCUT2D eigenvalue weighted by molar-refractivity contribution is 6.36. The number of carboxylic acid groups (broad SMARTS) is 1. The maximum atomic E-state index is 11.2. The number of ether oxygens (including phenoxy) is 2. The average Bonchev–Trinajstić information content (AvgIpc) is 2.45. The van der Waals surface area contributed by atoms with Crippen LogP contribution in [0.4, 0.5) is 0 Å². The first kappa shape index (κ1) is 15.5. The molecule has 1 N–H and O–H groups in total. The summed E-state index contributed by atoms with van der Waals surface area (Å²) in [6.07, 6.45) is 0. The predicted molar refractivity (Wildman–Crippen MR) is 80.7 cm³/mol. The molecule has 0 saturated heterocycles. The Kier molecular flexibility index (Phi) is 4.94.